The minimum atomic E-state index is -0.511. The molecule has 0 fully saturated rings. The van der Waals surface area contributed by atoms with Crippen molar-refractivity contribution >= 4 is 34.4 Å². The zero-order chi connectivity index (χ0) is 22.5. The van der Waals surface area contributed by atoms with Crippen molar-refractivity contribution in [2.24, 2.45) is 0 Å². The van der Waals surface area contributed by atoms with Crippen molar-refractivity contribution in [3.63, 3.8) is 0 Å². The van der Waals surface area contributed by atoms with Crippen molar-refractivity contribution in [3.05, 3.63) is 107 Å². The highest BCUT2D eigenvalue weighted by Crippen LogP contribution is 2.25. The maximum Gasteiger partial charge on any atom is 0.253 e. The summed E-state index contributed by atoms with van der Waals surface area (Å²) in [7, 11) is 0. The van der Waals surface area contributed by atoms with Gasteiger partial charge in [-0.2, -0.15) is 0 Å². The summed E-state index contributed by atoms with van der Waals surface area (Å²) >= 11 is 6.17. The molecule has 2 N–H and O–H groups in total. The van der Waals surface area contributed by atoms with Crippen LogP contribution in [0.5, 0.6) is 0 Å². The lowest BCUT2D eigenvalue weighted by Crippen LogP contribution is -2.34. The Morgan fingerprint density at radius 1 is 0.906 bits per heavy atom. The number of carbonyl (C=O) groups excluding carboxylic acids is 2. The van der Waals surface area contributed by atoms with Crippen LogP contribution in [0.1, 0.15) is 47.1 Å². The molecule has 5 nitrogen and oxygen atoms in total. The van der Waals surface area contributed by atoms with Gasteiger partial charge in [0.2, 0.25) is 5.91 Å². The van der Waals surface area contributed by atoms with Gasteiger partial charge in [0.1, 0.15) is 11.3 Å². The second-order valence-corrected chi connectivity index (χ2v) is 8.00. The summed E-state index contributed by atoms with van der Waals surface area (Å²) in [6, 6.07) is 25.0. The predicted molar refractivity (Wildman–Crippen MR) is 125 cm³/mol. The number of halogens is 1. The average Bonchev–Trinajstić information content (AvgIpc) is 3.24. The van der Waals surface area contributed by atoms with Crippen LogP contribution in [-0.4, -0.2) is 11.8 Å². The first-order valence-corrected chi connectivity index (χ1v) is 10.8. The molecular formula is C26H23ClN2O3. The number of benzene rings is 3. The SMILES string of the molecule is CC(NC(=O)CC(NC(=O)c1ccccc1Cl)c1ccccc1)c1cc2ccccc2o1. The molecule has 162 valence electrons. The van der Waals surface area contributed by atoms with E-state index in [1.165, 1.54) is 0 Å². The fourth-order valence-corrected chi connectivity index (χ4v) is 3.81. The molecule has 2 unspecified atom stereocenters. The zero-order valence-electron chi connectivity index (χ0n) is 17.5. The quantitative estimate of drug-likeness (QED) is 0.375. The molecule has 0 saturated heterocycles. The lowest BCUT2D eigenvalue weighted by molar-refractivity contribution is -0.122. The highest BCUT2D eigenvalue weighted by Gasteiger charge is 2.22. The topological polar surface area (TPSA) is 71.3 Å². The normalized spacial score (nSPS) is 12.8. The minimum Gasteiger partial charge on any atom is -0.459 e. The first-order valence-electron chi connectivity index (χ1n) is 10.4. The monoisotopic (exact) mass is 446 g/mol. The number of carbonyl (C=O) groups is 2. The molecule has 2 amide bonds. The van der Waals surface area contributed by atoms with Crippen LogP contribution in [0.3, 0.4) is 0 Å². The third kappa shape index (κ3) is 5.01. The smallest absolute Gasteiger partial charge is 0.253 e. The standard InChI is InChI=1S/C26H23ClN2O3/c1-17(24-15-19-11-5-8-14-23(19)32-24)28-25(30)16-22(18-9-3-2-4-10-18)29-26(31)20-12-6-7-13-21(20)27/h2-15,17,22H,16H2,1H3,(H,28,30)(H,29,31). The fraction of sp³-hybridized carbons (Fsp3) is 0.154. The maximum atomic E-state index is 12.9. The Bertz CT molecular complexity index is 1200. The fourth-order valence-electron chi connectivity index (χ4n) is 3.59. The molecule has 0 aliphatic heterocycles. The van der Waals surface area contributed by atoms with Crippen molar-refractivity contribution in [2.45, 2.75) is 25.4 Å². The number of rotatable bonds is 7. The van der Waals surface area contributed by atoms with Crippen LogP contribution < -0.4 is 10.6 Å². The Labute approximate surface area is 191 Å². The van der Waals surface area contributed by atoms with E-state index >= 15 is 0 Å². The van der Waals surface area contributed by atoms with Gasteiger partial charge >= 0.3 is 0 Å². The van der Waals surface area contributed by atoms with E-state index < -0.39 is 6.04 Å². The number of amides is 2. The lowest BCUT2D eigenvalue weighted by atomic mass is 10.0. The number of nitrogens with one attached hydrogen (secondary N) is 2. The largest absolute Gasteiger partial charge is 0.459 e. The molecule has 3 aromatic carbocycles. The molecule has 0 aliphatic carbocycles. The summed E-state index contributed by atoms with van der Waals surface area (Å²) in [5.74, 6) is 0.143. The summed E-state index contributed by atoms with van der Waals surface area (Å²) < 4.78 is 5.86. The van der Waals surface area contributed by atoms with Gasteiger partial charge in [-0.3, -0.25) is 9.59 Å². The van der Waals surface area contributed by atoms with Crippen molar-refractivity contribution in [2.75, 3.05) is 0 Å². The maximum absolute atomic E-state index is 12.9. The van der Waals surface area contributed by atoms with E-state index in [0.29, 0.717) is 16.3 Å². The molecule has 32 heavy (non-hydrogen) atoms. The van der Waals surface area contributed by atoms with Gasteiger partial charge in [0, 0.05) is 5.39 Å². The molecule has 2 atom stereocenters. The Hall–Kier alpha value is -3.57. The van der Waals surface area contributed by atoms with Gasteiger partial charge in [0.25, 0.3) is 5.91 Å². The van der Waals surface area contributed by atoms with E-state index in [-0.39, 0.29) is 24.3 Å². The Morgan fingerprint density at radius 3 is 2.34 bits per heavy atom. The molecule has 0 aliphatic rings. The number of para-hydroxylation sites is 1. The van der Waals surface area contributed by atoms with Gasteiger partial charge in [-0.15, -0.1) is 0 Å². The average molecular weight is 447 g/mol. The van der Waals surface area contributed by atoms with Gasteiger partial charge in [0.05, 0.1) is 29.1 Å². The third-order valence-electron chi connectivity index (χ3n) is 5.26. The lowest BCUT2D eigenvalue weighted by Gasteiger charge is -2.20. The van der Waals surface area contributed by atoms with Crippen LogP contribution in [-0.2, 0) is 4.79 Å². The van der Waals surface area contributed by atoms with Gasteiger partial charge in [-0.1, -0.05) is 72.3 Å². The molecular weight excluding hydrogens is 424 g/mol. The van der Waals surface area contributed by atoms with Crippen molar-refractivity contribution in [1.29, 1.82) is 0 Å². The minimum absolute atomic E-state index is 0.0742. The molecule has 6 heteroatoms. The van der Waals surface area contributed by atoms with Gasteiger partial charge in [-0.25, -0.2) is 0 Å². The molecule has 4 aromatic rings. The van der Waals surface area contributed by atoms with Crippen molar-refractivity contribution in [3.8, 4) is 0 Å². The zero-order valence-corrected chi connectivity index (χ0v) is 18.3. The van der Waals surface area contributed by atoms with Gasteiger partial charge < -0.3 is 15.1 Å². The first-order chi connectivity index (χ1) is 15.5. The Morgan fingerprint density at radius 2 is 1.59 bits per heavy atom. The highest BCUT2D eigenvalue weighted by molar-refractivity contribution is 6.33. The second-order valence-electron chi connectivity index (χ2n) is 7.60. The number of hydrogen-bond donors (Lipinski definition) is 2. The molecule has 0 bridgehead atoms. The Kier molecular flexibility index (Phi) is 6.57. The summed E-state index contributed by atoms with van der Waals surface area (Å²) in [6.07, 6.45) is 0.0742. The van der Waals surface area contributed by atoms with Crippen LogP contribution in [0, 0.1) is 0 Å². The number of hydrogen-bond acceptors (Lipinski definition) is 3. The van der Waals surface area contributed by atoms with Crippen LogP contribution in [0.15, 0.2) is 89.3 Å². The number of fused-ring (bicyclic) bond motifs is 1. The summed E-state index contributed by atoms with van der Waals surface area (Å²) in [6.45, 7) is 1.87. The van der Waals surface area contributed by atoms with E-state index in [2.05, 4.69) is 10.6 Å². The second kappa shape index (κ2) is 9.71. The Balaban J connectivity index is 1.48. The summed E-state index contributed by atoms with van der Waals surface area (Å²) in [5, 5.41) is 7.26. The molecule has 4 rings (SSSR count). The van der Waals surface area contributed by atoms with E-state index in [1.807, 2.05) is 67.6 Å². The first kappa shape index (κ1) is 21.7. The molecule has 0 saturated carbocycles. The van der Waals surface area contributed by atoms with Crippen LogP contribution in [0.4, 0.5) is 0 Å². The number of furan rings is 1. The summed E-state index contributed by atoms with van der Waals surface area (Å²) in [5.41, 5.74) is 1.98. The van der Waals surface area contributed by atoms with E-state index in [1.54, 1.807) is 24.3 Å². The molecule has 0 spiro atoms. The van der Waals surface area contributed by atoms with Crippen LogP contribution in [0.25, 0.3) is 11.0 Å². The predicted octanol–water partition coefficient (Wildman–Crippen LogP) is 5.82. The molecule has 1 heterocycles. The van der Waals surface area contributed by atoms with E-state index in [0.717, 1.165) is 16.5 Å². The summed E-state index contributed by atoms with van der Waals surface area (Å²) in [4.78, 5) is 25.7. The molecule has 1 aromatic heterocycles. The van der Waals surface area contributed by atoms with Crippen molar-refractivity contribution < 1.29 is 14.0 Å². The van der Waals surface area contributed by atoms with E-state index in [9.17, 15) is 9.59 Å². The van der Waals surface area contributed by atoms with Crippen LogP contribution in [0.2, 0.25) is 5.02 Å². The highest BCUT2D eigenvalue weighted by atomic mass is 35.5. The van der Waals surface area contributed by atoms with Crippen molar-refractivity contribution in [1.82, 2.24) is 10.6 Å². The van der Waals surface area contributed by atoms with Crippen LogP contribution >= 0.6 is 11.6 Å². The third-order valence-corrected chi connectivity index (χ3v) is 5.59. The molecule has 0 radical (unpaired) electrons. The van der Waals surface area contributed by atoms with Gasteiger partial charge in [-0.05, 0) is 36.8 Å². The van der Waals surface area contributed by atoms with E-state index in [4.69, 9.17) is 16.0 Å². The van der Waals surface area contributed by atoms with Gasteiger partial charge in [0.15, 0.2) is 0 Å².